The fourth-order valence-corrected chi connectivity index (χ4v) is 4.18. The zero-order valence-corrected chi connectivity index (χ0v) is 15.2. The highest BCUT2D eigenvalue weighted by atomic mass is 16.5. The Morgan fingerprint density at radius 2 is 2.08 bits per heavy atom. The molecule has 1 aromatic rings. The van der Waals surface area contributed by atoms with Crippen molar-refractivity contribution in [2.24, 2.45) is 0 Å². The van der Waals surface area contributed by atoms with Gasteiger partial charge in [-0.05, 0) is 43.9 Å². The van der Waals surface area contributed by atoms with Crippen molar-refractivity contribution in [1.29, 1.82) is 0 Å². The molecule has 5 heteroatoms. The molecule has 1 unspecified atom stereocenters. The molecule has 3 rings (SSSR count). The number of hydrogen-bond donors (Lipinski definition) is 1. The molecule has 1 heterocycles. The van der Waals surface area contributed by atoms with Crippen LogP contribution in [0.1, 0.15) is 51.0 Å². The van der Waals surface area contributed by atoms with Crippen LogP contribution in [0, 0.1) is 0 Å². The number of nitrogens with one attached hydrogen (secondary N) is 1. The van der Waals surface area contributed by atoms with Crippen molar-refractivity contribution < 1.29 is 14.3 Å². The molecule has 5 nitrogen and oxygen atoms in total. The second-order valence-corrected chi connectivity index (χ2v) is 7.34. The van der Waals surface area contributed by atoms with Gasteiger partial charge < -0.3 is 15.0 Å². The molecule has 0 aromatic heterocycles. The molecule has 2 amide bonds. The maximum absolute atomic E-state index is 13.2. The Labute approximate surface area is 149 Å². The number of carbonyl (C=O) groups excluding carboxylic acids is 2. The van der Waals surface area contributed by atoms with E-state index < -0.39 is 5.41 Å². The lowest BCUT2D eigenvalue weighted by molar-refractivity contribution is -0.130. The normalized spacial score (nSPS) is 20.6. The van der Waals surface area contributed by atoms with Crippen LogP contribution in [0.5, 0.6) is 5.75 Å². The topological polar surface area (TPSA) is 58.6 Å². The van der Waals surface area contributed by atoms with Crippen molar-refractivity contribution in [2.45, 2.75) is 56.9 Å². The molecule has 0 spiro atoms. The molecule has 1 saturated carbocycles. The van der Waals surface area contributed by atoms with E-state index in [9.17, 15) is 9.59 Å². The lowest BCUT2D eigenvalue weighted by atomic mass is 9.77. The number of carbonyl (C=O) groups is 2. The maximum atomic E-state index is 13.2. The highest BCUT2D eigenvalue weighted by Gasteiger charge is 2.43. The van der Waals surface area contributed by atoms with Gasteiger partial charge in [0, 0.05) is 25.6 Å². The van der Waals surface area contributed by atoms with Crippen molar-refractivity contribution in [1.82, 2.24) is 10.2 Å². The first-order valence-electron chi connectivity index (χ1n) is 9.28. The summed E-state index contributed by atoms with van der Waals surface area (Å²) in [5.74, 6) is 1.06. The summed E-state index contributed by atoms with van der Waals surface area (Å²) in [6.07, 6.45) is 5.40. The van der Waals surface area contributed by atoms with Gasteiger partial charge in [0.1, 0.15) is 5.75 Å². The molecular weight excluding hydrogens is 316 g/mol. The minimum atomic E-state index is -0.474. The van der Waals surface area contributed by atoms with Gasteiger partial charge in [0.25, 0.3) is 0 Å². The highest BCUT2D eigenvalue weighted by molar-refractivity contribution is 5.89. The molecule has 1 aliphatic heterocycles. The molecule has 2 fully saturated rings. The SMILES string of the molecule is COc1cccc(C2(C(=O)NC(C)CN3CCCC3=O)CCCC2)c1. The van der Waals surface area contributed by atoms with Crippen LogP contribution in [-0.2, 0) is 15.0 Å². The minimum Gasteiger partial charge on any atom is -0.497 e. The van der Waals surface area contributed by atoms with Crippen molar-refractivity contribution in [3.05, 3.63) is 29.8 Å². The summed E-state index contributed by atoms with van der Waals surface area (Å²) in [4.78, 5) is 26.8. The number of likely N-dealkylation sites (tertiary alicyclic amines) is 1. The number of amides is 2. The van der Waals surface area contributed by atoms with E-state index in [2.05, 4.69) is 5.32 Å². The summed E-state index contributed by atoms with van der Waals surface area (Å²) in [7, 11) is 1.65. The van der Waals surface area contributed by atoms with Gasteiger partial charge in [-0.2, -0.15) is 0 Å². The van der Waals surface area contributed by atoms with Crippen LogP contribution in [0.3, 0.4) is 0 Å². The monoisotopic (exact) mass is 344 g/mol. The van der Waals surface area contributed by atoms with Gasteiger partial charge >= 0.3 is 0 Å². The number of ether oxygens (including phenoxy) is 1. The summed E-state index contributed by atoms with van der Waals surface area (Å²) in [5.41, 5.74) is 0.559. The van der Waals surface area contributed by atoms with E-state index in [1.807, 2.05) is 36.1 Å². The Kier molecular flexibility index (Phi) is 5.30. The third kappa shape index (κ3) is 3.65. The average molecular weight is 344 g/mol. The smallest absolute Gasteiger partial charge is 0.230 e. The average Bonchev–Trinajstić information content (AvgIpc) is 3.25. The van der Waals surface area contributed by atoms with Crippen molar-refractivity contribution >= 4 is 11.8 Å². The molecule has 2 aliphatic rings. The first-order chi connectivity index (χ1) is 12.0. The summed E-state index contributed by atoms with van der Waals surface area (Å²) in [6.45, 7) is 3.39. The third-order valence-corrected chi connectivity index (χ3v) is 5.56. The second-order valence-electron chi connectivity index (χ2n) is 7.34. The molecule has 1 atom stereocenters. The Balaban J connectivity index is 1.73. The second kappa shape index (κ2) is 7.46. The predicted molar refractivity (Wildman–Crippen MR) is 96.6 cm³/mol. The summed E-state index contributed by atoms with van der Waals surface area (Å²) in [6, 6.07) is 7.83. The third-order valence-electron chi connectivity index (χ3n) is 5.56. The first-order valence-corrected chi connectivity index (χ1v) is 9.28. The van der Waals surface area contributed by atoms with Crippen molar-refractivity contribution in [2.75, 3.05) is 20.2 Å². The fourth-order valence-electron chi connectivity index (χ4n) is 4.18. The molecule has 0 bridgehead atoms. The predicted octanol–water partition coefficient (Wildman–Crippen LogP) is 2.63. The van der Waals surface area contributed by atoms with Gasteiger partial charge in [0.05, 0.1) is 12.5 Å². The summed E-state index contributed by atoms with van der Waals surface area (Å²) < 4.78 is 5.34. The van der Waals surface area contributed by atoms with Gasteiger partial charge in [0.2, 0.25) is 11.8 Å². The van der Waals surface area contributed by atoms with Crippen LogP contribution in [0.2, 0.25) is 0 Å². The van der Waals surface area contributed by atoms with Gasteiger partial charge in [-0.3, -0.25) is 9.59 Å². The van der Waals surface area contributed by atoms with Crippen LogP contribution < -0.4 is 10.1 Å². The van der Waals surface area contributed by atoms with Crippen LogP contribution >= 0.6 is 0 Å². The molecule has 1 N–H and O–H groups in total. The zero-order valence-electron chi connectivity index (χ0n) is 15.2. The van der Waals surface area contributed by atoms with Gasteiger partial charge in [-0.25, -0.2) is 0 Å². The highest BCUT2D eigenvalue weighted by Crippen LogP contribution is 2.42. The van der Waals surface area contributed by atoms with E-state index in [1.165, 1.54) is 0 Å². The van der Waals surface area contributed by atoms with E-state index in [1.54, 1.807) is 7.11 Å². The quantitative estimate of drug-likeness (QED) is 0.863. The molecule has 1 saturated heterocycles. The molecule has 136 valence electrons. The fraction of sp³-hybridized carbons (Fsp3) is 0.600. The van der Waals surface area contributed by atoms with E-state index >= 15 is 0 Å². The number of methoxy groups -OCH3 is 1. The van der Waals surface area contributed by atoms with Crippen LogP contribution in [0.4, 0.5) is 0 Å². The van der Waals surface area contributed by atoms with Crippen LogP contribution in [-0.4, -0.2) is 43.0 Å². The molecule has 0 radical (unpaired) electrons. The molecular formula is C20H28N2O3. The summed E-state index contributed by atoms with van der Waals surface area (Å²) >= 11 is 0. The van der Waals surface area contributed by atoms with E-state index in [0.717, 1.165) is 50.0 Å². The van der Waals surface area contributed by atoms with E-state index in [4.69, 9.17) is 4.74 Å². The van der Waals surface area contributed by atoms with Gasteiger partial charge in [-0.1, -0.05) is 25.0 Å². The molecule has 1 aliphatic carbocycles. The lowest BCUT2D eigenvalue weighted by Gasteiger charge is -2.31. The van der Waals surface area contributed by atoms with Crippen LogP contribution in [0.15, 0.2) is 24.3 Å². The molecule has 25 heavy (non-hydrogen) atoms. The Morgan fingerprint density at radius 3 is 2.72 bits per heavy atom. The Hall–Kier alpha value is -2.04. The van der Waals surface area contributed by atoms with E-state index in [0.29, 0.717) is 13.0 Å². The minimum absolute atomic E-state index is 0.0439. The Morgan fingerprint density at radius 1 is 1.32 bits per heavy atom. The maximum Gasteiger partial charge on any atom is 0.230 e. The Bertz CT molecular complexity index is 638. The van der Waals surface area contributed by atoms with Crippen molar-refractivity contribution in [3.63, 3.8) is 0 Å². The largest absolute Gasteiger partial charge is 0.497 e. The number of benzene rings is 1. The lowest BCUT2D eigenvalue weighted by Crippen LogP contribution is -2.49. The van der Waals surface area contributed by atoms with Crippen LogP contribution in [0.25, 0.3) is 0 Å². The molecule has 1 aromatic carbocycles. The van der Waals surface area contributed by atoms with Gasteiger partial charge in [-0.15, -0.1) is 0 Å². The first kappa shape index (κ1) is 17.8. The number of nitrogens with zero attached hydrogens (tertiary/aromatic N) is 1. The standard InChI is InChI=1S/C20H28N2O3/c1-15(14-22-12-6-9-18(22)23)21-19(24)20(10-3-4-11-20)16-7-5-8-17(13-16)25-2/h5,7-8,13,15H,3-4,6,9-12,14H2,1-2H3,(H,21,24). The zero-order chi connectivity index (χ0) is 17.9. The van der Waals surface area contributed by atoms with E-state index in [-0.39, 0.29) is 17.9 Å². The number of rotatable bonds is 6. The van der Waals surface area contributed by atoms with Gasteiger partial charge in [0.15, 0.2) is 0 Å². The van der Waals surface area contributed by atoms with Crippen molar-refractivity contribution in [3.8, 4) is 5.75 Å². The summed E-state index contributed by atoms with van der Waals surface area (Å²) in [5, 5.41) is 3.17. The number of hydrogen-bond acceptors (Lipinski definition) is 3.